The van der Waals surface area contributed by atoms with Crippen LogP contribution in [0, 0.1) is 0 Å². The monoisotopic (exact) mass is 331 g/mol. The predicted molar refractivity (Wildman–Crippen MR) is 87.1 cm³/mol. The number of nitrogens with one attached hydrogen (secondary N) is 1. The zero-order valence-corrected chi connectivity index (χ0v) is 14.0. The number of sulfone groups is 1. The van der Waals surface area contributed by atoms with E-state index in [0.29, 0.717) is 17.4 Å². The highest BCUT2D eigenvalue weighted by Crippen LogP contribution is 2.31. The minimum atomic E-state index is -3.02. The van der Waals surface area contributed by atoms with Crippen LogP contribution in [0.3, 0.4) is 0 Å². The van der Waals surface area contributed by atoms with Crippen LogP contribution in [0.15, 0.2) is 18.2 Å². The fourth-order valence-electron chi connectivity index (χ4n) is 2.74. The van der Waals surface area contributed by atoms with Crippen LogP contribution in [0.4, 0.5) is 5.69 Å². The van der Waals surface area contributed by atoms with E-state index in [0.717, 1.165) is 31.4 Å². The first-order valence-electron chi connectivity index (χ1n) is 7.29. The Labute approximate surface area is 131 Å². The molecule has 1 fully saturated rings. The summed E-state index contributed by atoms with van der Waals surface area (Å²) < 4.78 is 29.1. The molecule has 0 radical (unpaired) electrons. The van der Waals surface area contributed by atoms with Crippen LogP contribution in [0.25, 0.3) is 0 Å². The maximum absolute atomic E-state index is 11.8. The van der Waals surface area contributed by atoms with Gasteiger partial charge in [0.25, 0.3) is 0 Å². The van der Waals surface area contributed by atoms with Gasteiger partial charge in [0.2, 0.25) is 0 Å². The molecule has 0 bridgehead atoms. The lowest BCUT2D eigenvalue weighted by Gasteiger charge is -2.21. The number of hydrogen-bond donors (Lipinski definition) is 1. The second kappa shape index (κ2) is 6.88. The molecular formula is C15H22ClNO3S. The maximum atomic E-state index is 11.8. The third-order valence-corrected chi connectivity index (χ3v) is 5.71. The predicted octanol–water partition coefficient (Wildman–Crippen LogP) is 3.51. The van der Waals surface area contributed by atoms with E-state index in [-0.39, 0.29) is 11.3 Å². The Kier molecular flexibility index (Phi) is 5.38. The highest BCUT2D eigenvalue weighted by molar-refractivity contribution is 7.91. The molecule has 0 saturated heterocycles. The van der Waals surface area contributed by atoms with Crippen molar-refractivity contribution >= 4 is 27.1 Å². The second-order valence-corrected chi connectivity index (χ2v) is 8.22. The molecule has 2 rings (SSSR count). The topological polar surface area (TPSA) is 55.4 Å². The Morgan fingerprint density at radius 2 is 2.14 bits per heavy atom. The molecule has 1 aliphatic carbocycles. The highest BCUT2D eigenvalue weighted by atomic mass is 35.5. The molecular weight excluding hydrogens is 310 g/mol. The van der Waals surface area contributed by atoms with Crippen molar-refractivity contribution < 1.29 is 13.2 Å². The standard InChI is InChI=1S/C15H22ClNO3S/c1-3-9-20-14-8-7-11(10-12(14)16)17-13-5-4-6-15(13)21(2,18)19/h7-8,10,13,15,17H,3-6,9H2,1-2H3. The van der Waals surface area contributed by atoms with Gasteiger partial charge in [-0.2, -0.15) is 0 Å². The molecule has 6 heteroatoms. The molecule has 0 aliphatic heterocycles. The molecule has 0 aromatic heterocycles. The van der Waals surface area contributed by atoms with E-state index in [2.05, 4.69) is 5.32 Å². The molecule has 21 heavy (non-hydrogen) atoms. The van der Waals surface area contributed by atoms with Crippen LogP contribution in [0.2, 0.25) is 5.02 Å². The van der Waals surface area contributed by atoms with Crippen LogP contribution in [-0.4, -0.2) is 32.6 Å². The molecule has 1 saturated carbocycles. The van der Waals surface area contributed by atoms with Crippen LogP contribution in [-0.2, 0) is 9.84 Å². The van der Waals surface area contributed by atoms with E-state index in [4.69, 9.17) is 16.3 Å². The number of ether oxygens (including phenoxy) is 1. The summed E-state index contributed by atoms with van der Waals surface area (Å²) in [7, 11) is -3.02. The lowest BCUT2D eigenvalue weighted by molar-refractivity contribution is 0.317. The number of hydrogen-bond acceptors (Lipinski definition) is 4. The SMILES string of the molecule is CCCOc1ccc(NC2CCCC2S(C)(=O)=O)cc1Cl. The molecule has 1 aromatic rings. The fraction of sp³-hybridized carbons (Fsp3) is 0.600. The smallest absolute Gasteiger partial charge is 0.152 e. The summed E-state index contributed by atoms with van der Waals surface area (Å²) in [6.07, 6.45) is 4.76. The Hall–Kier alpha value is -0.940. The third kappa shape index (κ3) is 4.27. The van der Waals surface area contributed by atoms with Crippen LogP contribution in [0.1, 0.15) is 32.6 Å². The van der Waals surface area contributed by atoms with Crippen molar-refractivity contribution in [3.8, 4) is 5.75 Å². The first kappa shape index (κ1) is 16.4. The van der Waals surface area contributed by atoms with Crippen molar-refractivity contribution in [2.24, 2.45) is 0 Å². The van der Waals surface area contributed by atoms with Gasteiger partial charge in [-0.1, -0.05) is 18.5 Å². The normalized spacial score (nSPS) is 22.2. The molecule has 2 atom stereocenters. The van der Waals surface area contributed by atoms with Gasteiger partial charge in [0, 0.05) is 18.0 Å². The van der Waals surface area contributed by atoms with Crippen molar-refractivity contribution in [3.05, 3.63) is 23.2 Å². The van der Waals surface area contributed by atoms with Crippen molar-refractivity contribution in [2.75, 3.05) is 18.2 Å². The molecule has 0 heterocycles. The molecule has 1 N–H and O–H groups in total. The van der Waals surface area contributed by atoms with Crippen molar-refractivity contribution in [3.63, 3.8) is 0 Å². The number of benzene rings is 1. The molecule has 0 spiro atoms. The van der Waals surface area contributed by atoms with Crippen molar-refractivity contribution in [1.82, 2.24) is 0 Å². The number of anilines is 1. The number of halogens is 1. The zero-order valence-electron chi connectivity index (χ0n) is 12.4. The average Bonchev–Trinajstić information content (AvgIpc) is 2.86. The van der Waals surface area contributed by atoms with E-state index < -0.39 is 9.84 Å². The summed E-state index contributed by atoms with van der Waals surface area (Å²) in [5.41, 5.74) is 0.837. The van der Waals surface area contributed by atoms with Crippen LogP contribution >= 0.6 is 11.6 Å². The summed E-state index contributed by atoms with van der Waals surface area (Å²) in [4.78, 5) is 0. The quantitative estimate of drug-likeness (QED) is 0.866. The highest BCUT2D eigenvalue weighted by Gasteiger charge is 2.34. The van der Waals surface area contributed by atoms with Crippen molar-refractivity contribution in [1.29, 1.82) is 0 Å². The first-order valence-corrected chi connectivity index (χ1v) is 9.63. The Morgan fingerprint density at radius 3 is 2.76 bits per heavy atom. The molecule has 0 amide bonds. The summed E-state index contributed by atoms with van der Waals surface area (Å²) in [6.45, 7) is 2.67. The van der Waals surface area contributed by atoms with E-state index in [9.17, 15) is 8.42 Å². The van der Waals surface area contributed by atoms with Crippen LogP contribution in [0.5, 0.6) is 5.75 Å². The largest absolute Gasteiger partial charge is 0.492 e. The van der Waals surface area contributed by atoms with Gasteiger partial charge >= 0.3 is 0 Å². The van der Waals surface area contributed by atoms with Gasteiger partial charge in [-0.05, 0) is 43.9 Å². The van der Waals surface area contributed by atoms with Crippen molar-refractivity contribution in [2.45, 2.75) is 43.9 Å². The van der Waals surface area contributed by atoms with Gasteiger partial charge in [0.05, 0.1) is 16.9 Å². The van der Waals surface area contributed by atoms with Gasteiger partial charge in [-0.15, -0.1) is 0 Å². The second-order valence-electron chi connectivity index (χ2n) is 5.54. The van der Waals surface area contributed by atoms with Gasteiger partial charge in [0.15, 0.2) is 9.84 Å². The lowest BCUT2D eigenvalue weighted by atomic mass is 10.2. The van der Waals surface area contributed by atoms with Gasteiger partial charge in [0.1, 0.15) is 5.75 Å². The number of rotatable bonds is 6. The minimum Gasteiger partial charge on any atom is -0.492 e. The third-order valence-electron chi connectivity index (χ3n) is 3.75. The summed E-state index contributed by atoms with van der Waals surface area (Å²) in [6, 6.07) is 5.46. The fourth-order valence-corrected chi connectivity index (χ4v) is 4.37. The van der Waals surface area contributed by atoms with Gasteiger partial charge in [-0.3, -0.25) is 0 Å². The zero-order chi connectivity index (χ0) is 15.5. The molecule has 1 aromatic carbocycles. The Bertz CT molecular complexity index is 589. The molecule has 2 unspecified atom stereocenters. The molecule has 4 nitrogen and oxygen atoms in total. The van der Waals surface area contributed by atoms with E-state index >= 15 is 0 Å². The van der Waals surface area contributed by atoms with E-state index in [1.807, 2.05) is 19.1 Å². The molecule has 1 aliphatic rings. The first-order chi connectivity index (χ1) is 9.91. The van der Waals surface area contributed by atoms with Gasteiger partial charge < -0.3 is 10.1 Å². The summed E-state index contributed by atoms with van der Waals surface area (Å²) >= 11 is 6.19. The summed E-state index contributed by atoms with van der Waals surface area (Å²) in [5, 5.41) is 3.53. The minimum absolute atomic E-state index is 0.0431. The lowest BCUT2D eigenvalue weighted by Crippen LogP contribution is -2.34. The van der Waals surface area contributed by atoms with Gasteiger partial charge in [-0.25, -0.2) is 8.42 Å². The maximum Gasteiger partial charge on any atom is 0.152 e. The average molecular weight is 332 g/mol. The van der Waals surface area contributed by atoms with E-state index in [1.165, 1.54) is 6.26 Å². The molecule has 118 valence electrons. The Balaban J connectivity index is 2.08. The van der Waals surface area contributed by atoms with Crippen LogP contribution < -0.4 is 10.1 Å². The summed E-state index contributed by atoms with van der Waals surface area (Å²) in [5.74, 6) is 0.662. The van der Waals surface area contributed by atoms with E-state index in [1.54, 1.807) is 6.07 Å². The Morgan fingerprint density at radius 1 is 1.38 bits per heavy atom.